The quantitative estimate of drug-likeness (QED) is 0.819. The first kappa shape index (κ1) is 11.9. The van der Waals surface area contributed by atoms with Gasteiger partial charge < -0.3 is 4.57 Å². The molecule has 0 amide bonds. The molecule has 17 heavy (non-hydrogen) atoms. The highest BCUT2D eigenvalue weighted by atomic mass is 35.5. The largest absolute Gasteiger partial charge is 0.304 e. The van der Waals surface area contributed by atoms with Crippen molar-refractivity contribution in [1.82, 2.24) is 9.55 Å². The summed E-state index contributed by atoms with van der Waals surface area (Å²) in [7, 11) is 0. The Bertz CT molecular complexity index is 578. The fourth-order valence-electron chi connectivity index (χ4n) is 1.78. The Hall–Kier alpha value is -1.61. The van der Waals surface area contributed by atoms with Gasteiger partial charge in [-0.3, -0.25) is 4.79 Å². The maximum atomic E-state index is 12.0. The fraction of sp³-hybridized carbons (Fsp3) is 0.231. The van der Waals surface area contributed by atoms with Gasteiger partial charge in [0.25, 0.3) is 5.56 Å². The number of aryl methyl sites for hydroxylation is 1. The second kappa shape index (κ2) is 4.72. The zero-order chi connectivity index (χ0) is 12.4. The predicted molar refractivity (Wildman–Crippen MR) is 68.5 cm³/mol. The summed E-state index contributed by atoms with van der Waals surface area (Å²) in [6.07, 6.45) is 1.58. The van der Waals surface area contributed by atoms with E-state index in [1.807, 2.05) is 37.3 Å². The van der Waals surface area contributed by atoms with Crippen molar-refractivity contribution in [3.63, 3.8) is 0 Å². The van der Waals surface area contributed by atoms with Crippen LogP contribution in [0.5, 0.6) is 0 Å². The number of nitrogens with zero attached hydrogens (tertiary/aromatic N) is 2. The third-order valence-corrected chi connectivity index (χ3v) is 2.95. The van der Waals surface area contributed by atoms with Crippen molar-refractivity contribution in [3.8, 4) is 0 Å². The van der Waals surface area contributed by atoms with Gasteiger partial charge in [-0.15, -0.1) is 0 Å². The first-order valence-electron chi connectivity index (χ1n) is 5.40. The minimum atomic E-state index is -0.106. The molecule has 1 heterocycles. The lowest BCUT2D eigenvalue weighted by atomic mass is 10.1. The summed E-state index contributed by atoms with van der Waals surface area (Å²) in [5.74, 6) is 0. The van der Waals surface area contributed by atoms with E-state index in [4.69, 9.17) is 11.6 Å². The molecular weight excluding hydrogens is 236 g/mol. The summed E-state index contributed by atoms with van der Waals surface area (Å²) >= 11 is 5.88. The first-order chi connectivity index (χ1) is 8.09. The highest BCUT2D eigenvalue weighted by Crippen LogP contribution is 2.16. The standard InChI is InChI=1S/C13H13ClN2O/c1-9-13(17)16(8-12(14)15-9)10(2)11-6-4-3-5-7-11/h3-8,10H,1-2H3/t10-/m1/s1. The van der Waals surface area contributed by atoms with E-state index in [9.17, 15) is 4.79 Å². The van der Waals surface area contributed by atoms with E-state index in [0.29, 0.717) is 10.8 Å². The Morgan fingerprint density at radius 1 is 1.29 bits per heavy atom. The zero-order valence-corrected chi connectivity index (χ0v) is 10.5. The van der Waals surface area contributed by atoms with Gasteiger partial charge in [-0.25, -0.2) is 4.98 Å². The van der Waals surface area contributed by atoms with Gasteiger partial charge in [0.05, 0.1) is 6.04 Å². The molecule has 0 unspecified atom stereocenters. The third kappa shape index (κ3) is 2.39. The van der Waals surface area contributed by atoms with Gasteiger partial charge in [-0.2, -0.15) is 0 Å². The van der Waals surface area contributed by atoms with Crippen molar-refractivity contribution in [2.45, 2.75) is 19.9 Å². The average Bonchev–Trinajstić information content (AvgIpc) is 2.34. The summed E-state index contributed by atoms with van der Waals surface area (Å²) in [5, 5.41) is 0.338. The number of rotatable bonds is 2. The molecule has 0 spiro atoms. The molecule has 0 saturated heterocycles. The fourth-order valence-corrected chi connectivity index (χ4v) is 2.01. The van der Waals surface area contributed by atoms with Crippen LogP contribution < -0.4 is 5.56 Å². The van der Waals surface area contributed by atoms with Gasteiger partial charge in [0.1, 0.15) is 10.8 Å². The van der Waals surface area contributed by atoms with Crippen LogP contribution in [0.25, 0.3) is 0 Å². The molecule has 0 radical (unpaired) electrons. The van der Waals surface area contributed by atoms with Gasteiger partial charge in [0, 0.05) is 6.20 Å². The van der Waals surface area contributed by atoms with Crippen LogP contribution in [0.3, 0.4) is 0 Å². The maximum absolute atomic E-state index is 12.0. The van der Waals surface area contributed by atoms with Crippen LogP contribution in [0.15, 0.2) is 41.3 Å². The zero-order valence-electron chi connectivity index (χ0n) is 9.72. The van der Waals surface area contributed by atoms with Gasteiger partial charge in [0.15, 0.2) is 0 Å². The molecule has 4 heteroatoms. The molecule has 1 aromatic heterocycles. The van der Waals surface area contributed by atoms with E-state index in [2.05, 4.69) is 4.98 Å². The van der Waals surface area contributed by atoms with Crippen LogP contribution in [-0.4, -0.2) is 9.55 Å². The van der Waals surface area contributed by atoms with Crippen molar-refractivity contribution in [2.75, 3.05) is 0 Å². The first-order valence-corrected chi connectivity index (χ1v) is 5.77. The molecule has 2 aromatic rings. The van der Waals surface area contributed by atoms with Crippen molar-refractivity contribution in [1.29, 1.82) is 0 Å². The molecule has 0 saturated carbocycles. The summed E-state index contributed by atoms with van der Waals surface area (Å²) in [6, 6.07) is 9.77. The summed E-state index contributed by atoms with van der Waals surface area (Å²) in [6.45, 7) is 3.63. The number of benzene rings is 1. The minimum Gasteiger partial charge on any atom is -0.304 e. The van der Waals surface area contributed by atoms with Crippen LogP contribution in [0, 0.1) is 6.92 Å². The molecule has 1 aromatic carbocycles. The summed E-state index contributed by atoms with van der Waals surface area (Å²) < 4.78 is 1.61. The third-order valence-electron chi connectivity index (χ3n) is 2.76. The second-order valence-electron chi connectivity index (χ2n) is 3.95. The Morgan fingerprint density at radius 2 is 1.94 bits per heavy atom. The topological polar surface area (TPSA) is 34.9 Å². The molecule has 3 nitrogen and oxygen atoms in total. The second-order valence-corrected chi connectivity index (χ2v) is 4.34. The van der Waals surface area contributed by atoms with Crippen LogP contribution in [0.2, 0.25) is 5.15 Å². The molecular formula is C13H13ClN2O. The van der Waals surface area contributed by atoms with Crippen LogP contribution in [-0.2, 0) is 0 Å². The normalized spacial score (nSPS) is 12.4. The van der Waals surface area contributed by atoms with Gasteiger partial charge in [-0.05, 0) is 19.4 Å². The van der Waals surface area contributed by atoms with E-state index in [1.54, 1.807) is 17.7 Å². The molecule has 0 aliphatic rings. The van der Waals surface area contributed by atoms with Gasteiger partial charge >= 0.3 is 0 Å². The lowest BCUT2D eigenvalue weighted by molar-refractivity contribution is 0.605. The van der Waals surface area contributed by atoms with Crippen molar-refractivity contribution < 1.29 is 0 Å². The van der Waals surface area contributed by atoms with Crippen LogP contribution in [0.4, 0.5) is 0 Å². The molecule has 0 aliphatic carbocycles. The van der Waals surface area contributed by atoms with Crippen LogP contribution >= 0.6 is 11.6 Å². The summed E-state index contributed by atoms with van der Waals surface area (Å²) in [5.41, 5.74) is 1.38. The van der Waals surface area contributed by atoms with Crippen LogP contribution in [0.1, 0.15) is 24.2 Å². The van der Waals surface area contributed by atoms with E-state index in [0.717, 1.165) is 5.56 Å². The molecule has 88 valence electrons. The van der Waals surface area contributed by atoms with Crippen molar-refractivity contribution in [2.24, 2.45) is 0 Å². The number of hydrogen-bond donors (Lipinski definition) is 0. The SMILES string of the molecule is Cc1nc(Cl)cn([C@H](C)c2ccccc2)c1=O. The molecule has 0 N–H and O–H groups in total. The highest BCUT2D eigenvalue weighted by molar-refractivity contribution is 6.29. The van der Waals surface area contributed by atoms with Gasteiger partial charge in [0.2, 0.25) is 0 Å². The van der Waals surface area contributed by atoms with Crippen molar-refractivity contribution >= 4 is 11.6 Å². The Balaban J connectivity index is 2.52. The maximum Gasteiger partial charge on any atom is 0.272 e. The van der Waals surface area contributed by atoms with E-state index < -0.39 is 0 Å². The Morgan fingerprint density at radius 3 is 2.59 bits per heavy atom. The number of hydrogen-bond acceptors (Lipinski definition) is 2. The molecule has 2 rings (SSSR count). The monoisotopic (exact) mass is 248 g/mol. The molecule has 0 aliphatic heterocycles. The van der Waals surface area contributed by atoms with E-state index in [-0.39, 0.29) is 11.6 Å². The summed E-state index contributed by atoms with van der Waals surface area (Å²) in [4.78, 5) is 15.9. The van der Waals surface area contributed by atoms with Gasteiger partial charge in [-0.1, -0.05) is 41.9 Å². The van der Waals surface area contributed by atoms with E-state index in [1.165, 1.54) is 0 Å². The Labute approximate surface area is 105 Å². The molecule has 0 bridgehead atoms. The predicted octanol–water partition coefficient (Wildman–Crippen LogP) is 2.81. The van der Waals surface area contributed by atoms with E-state index >= 15 is 0 Å². The lowest BCUT2D eigenvalue weighted by Crippen LogP contribution is -2.26. The van der Waals surface area contributed by atoms with Crippen molar-refractivity contribution in [3.05, 3.63) is 63.3 Å². The molecule has 1 atom stereocenters. The lowest BCUT2D eigenvalue weighted by Gasteiger charge is -2.16. The Kier molecular flexibility index (Phi) is 3.29. The smallest absolute Gasteiger partial charge is 0.272 e. The highest BCUT2D eigenvalue weighted by Gasteiger charge is 2.11. The minimum absolute atomic E-state index is 0.0529. The number of halogens is 1. The number of aromatic nitrogens is 2. The average molecular weight is 249 g/mol. The molecule has 0 fully saturated rings.